The van der Waals surface area contributed by atoms with E-state index in [0.29, 0.717) is 0 Å². The van der Waals surface area contributed by atoms with Crippen LogP contribution in [-0.4, -0.2) is 21.1 Å². The Balaban J connectivity index is 2.36. The second-order valence-corrected chi connectivity index (χ2v) is 4.69. The Kier molecular flexibility index (Phi) is 4.55. The second-order valence-electron chi connectivity index (χ2n) is 4.29. The van der Waals surface area contributed by atoms with Crippen molar-refractivity contribution in [3.8, 4) is 0 Å². The molecular weight excluding hydrogens is 325 g/mol. The highest BCUT2D eigenvalue weighted by Gasteiger charge is 2.34. The van der Waals surface area contributed by atoms with E-state index >= 15 is 0 Å². The number of nitrogens with zero attached hydrogens (tertiary/aromatic N) is 3. The summed E-state index contributed by atoms with van der Waals surface area (Å²) in [4.78, 5) is 11.0. The van der Waals surface area contributed by atoms with E-state index in [9.17, 15) is 18.0 Å². The Labute approximate surface area is 127 Å². The molecule has 6 nitrogen and oxygen atoms in total. The van der Waals surface area contributed by atoms with Gasteiger partial charge in [-0.15, -0.1) is 5.10 Å². The molecule has 2 aromatic rings. The molecule has 0 aliphatic heterocycles. The maximum atomic E-state index is 12.9. The molecule has 1 heterocycles. The highest BCUT2D eigenvalue weighted by molar-refractivity contribution is 6.31. The van der Waals surface area contributed by atoms with Crippen molar-refractivity contribution in [2.75, 3.05) is 0 Å². The minimum absolute atomic E-state index is 0.0398. The topological polar surface area (TPSA) is 83.0 Å². The van der Waals surface area contributed by atoms with Crippen molar-refractivity contribution in [1.82, 2.24) is 15.0 Å². The normalized spacial score (nSPS) is 12.9. The number of hydrogen-bond donors (Lipinski definition) is 1. The van der Waals surface area contributed by atoms with Crippen molar-refractivity contribution < 1.29 is 22.7 Å². The monoisotopic (exact) mass is 334 g/mol. The number of benzene rings is 1. The van der Waals surface area contributed by atoms with Crippen LogP contribution in [0.1, 0.15) is 17.2 Å². The molecule has 10 heteroatoms. The summed E-state index contributed by atoms with van der Waals surface area (Å²) in [6.07, 6.45) is -3.95. The van der Waals surface area contributed by atoms with Gasteiger partial charge in [-0.05, 0) is 17.7 Å². The molecule has 2 N–H and O–H groups in total. The van der Waals surface area contributed by atoms with Gasteiger partial charge in [0.05, 0.1) is 23.3 Å². The Morgan fingerprint density at radius 1 is 1.45 bits per heavy atom. The lowest BCUT2D eigenvalue weighted by atomic mass is 10.1. The summed E-state index contributed by atoms with van der Waals surface area (Å²) in [5.74, 6) is 0. The number of carbonyl (C=O) groups excluding carboxylic acids is 1. The number of hydrogen-bond acceptors (Lipinski definition) is 4. The summed E-state index contributed by atoms with van der Waals surface area (Å²) in [5.41, 5.74) is 4.02. The molecule has 0 saturated carbocycles. The van der Waals surface area contributed by atoms with E-state index in [-0.39, 0.29) is 12.1 Å². The van der Waals surface area contributed by atoms with Crippen LogP contribution in [0, 0.1) is 0 Å². The van der Waals surface area contributed by atoms with E-state index in [1.165, 1.54) is 23.1 Å². The molecule has 1 unspecified atom stereocenters. The summed E-state index contributed by atoms with van der Waals surface area (Å²) in [5, 5.41) is 6.77. The molecule has 0 bridgehead atoms. The van der Waals surface area contributed by atoms with Crippen LogP contribution in [0.25, 0.3) is 0 Å². The van der Waals surface area contributed by atoms with E-state index in [4.69, 9.17) is 22.1 Å². The third-order valence-corrected chi connectivity index (χ3v) is 3.08. The fourth-order valence-corrected chi connectivity index (χ4v) is 2.04. The van der Waals surface area contributed by atoms with E-state index in [1.807, 2.05) is 0 Å². The molecule has 1 aromatic carbocycles. The third-order valence-electron chi connectivity index (χ3n) is 2.75. The maximum Gasteiger partial charge on any atom is 0.417 e. The molecule has 0 aliphatic rings. The number of aromatic nitrogens is 3. The molecule has 1 atom stereocenters. The predicted octanol–water partition coefficient (Wildman–Crippen LogP) is 2.79. The van der Waals surface area contributed by atoms with Crippen molar-refractivity contribution in [3.63, 3.8) is 0 Å². The van der Waals surface area contributed by atoms with Crippen molar-refractivity contribution >= 4 is 17.7 Å². The standard InChI is InChI=1S/C12H10ClF3N4O2/c13-9-2-1-7(5-8(9)12(14,15)16)10(22-11(17)21)6-20-4-3-18-19-20/h1-5,10H,6H2,(H2,17,21). The van der Waals surface area contributed by atoms with E-state index < -0.39 is 29.0 Å². The van der Waals surface area contributed by atoms with Gasteiger partial charge in [0.15, 0.2) is 0 Å². The lowest BCUT2D eigenvalue weighted by molar-refractivity contribution is -0.137. The van der Waals surface area contributed by atoms with Gasteiger partial charge in [0.25, 0.3) is 0 Å². The number of rotatable bonds is 4. The maximum absolute atomic E-state index is 12.9. The molecule has 1 amide bonds. The number of halogens is 4. The SMILES string of the molecule is NC(=O)OC(Cn1ccnn1)c1ccc(Cl)c(C(F)(F)F)c1. The van der Waals surface area contributed by atoms with Crippen molar-refractivity contribution in [2.24, 2.45) is 5.73 Å². The lowest BCUT2D eigenvalue weighted by Gasteiger charge is -2.18. The van der Waals surface area contributed by atoms with Crippen molar-refractivity contribution in [1.29, 1.82) is 0 Å². The molecule has 2 rings (SSSR count). The Bertz CT molecular complexity index is 661. The summed E-state index contributed by atoms with van der Waals surface area (Å²) in [6.45, 7) is -0.0398. The molecule has 0 radical (unpaired) electrons. The van der Waals surface area contributed by atoms with Gasteiger partial charge in [0, 0.05) is 6.20 Å². The second kappa shape index (κ2) is 6.22. The van der Waals surface area contributed by atoms with Crippen LogP contribution in [0.4, 0.5) is 18.0 Å². The van der Waals surface area contributed by atoms with E-state index in [0.717, 1.165) is 12.1 Å². The first kappa shape index (κ1) is 16.1. The number of nitrogens with two attached hydrogens (primary N) is 1. The van der Waals surface area contributed by atoms with Crippen LogP contribution in [-0.2, 0) is 17.5 Å². The summed E-state index contributed by atoms with van der Waals surface area (Å²) < 4.78 is 44.8. The zero-order valence-electron chi connectivity index (χ0n) is 10.9. The van der Waals surface area contributed by atoms with Gasteiger partial charge >= 0.3 is 12.3 Å². The first-order valence-corrected chi connectivity index (χ1v) is 6.32. The average Bonchev–Trinajstić information content (AvgIpc) is 2.89. The van der Waals surface area contributed by atoms with Gasteiger partial charge in [-0.2, -0.15) is 13.2 Å². The minimum atomic E-state index is -4.63. The minimum Gasteiger partial charge on any atom is -0.440 e. The average molecular weight is 335 g/mol. The summed E-state index contributed by atoms with van der Waals surface area (Å²) in [7, 11) is 0. The predicted molar refractivity (Wildman–Crippen MR) is 69.9 cm³/mol. The first-order chi connectivity index (χ1) is 10.3. The highest BCUT2D eigenvalue weighted by Crippen LogP contribution is 2.36. The molecular formula is C12H10ClF3N4O2. The summed E-state index contributed by atoms with van der Waals surface area (Å²) >= 11 is 5.55. The largest absolute Gasteiger partial charge is 0.440 e. The van der Waals surface area contributed by atoms with Crippen LogP contribution in [0.3, 0.4) is 0 Å². The molecule has 22 heavy (non-hydrogen) atoms. The van der Waals surface area contributed by atoms with Crippen molar-refractivity contribution in [2.45, 2.75) is 18.8 Å². The van der Waals surface area contributed by atoms with Gasteiger partial charge < -0.3 is 10.5 Å². The number of ether oxygens (including phenoxy) is 1. The molecule has 1 aromatic heterocycles. The van der Waals surface area contributed by atoms with Crippen LogP contribution >= 0.6 is 11.6 Å². The van der Waals surface area contributed by atoms with Gasteiger partial charge in [-0.25, -0.2) is 9.48 Å². The van der Waals surface area contributed by atoms with Crippen LogP contribution in [0.15, 0.2) is 30.6 Å². The van der Waals surface area contributed by atoms with Gasteiger partial charge in [0.2, 0.25) is 0 Å². The van der Waals surface area contributed by atoms with Gasteiger partial charge in [-0.1, -0.05) is 22.9 Å². The summed E-state index contributed by atoms with van der Waals surface area (Å²) in [6, 6.07) is 3.22. The van der Waals surface area contributed by atoms with E-state index in [1.54, 1.807) is 0 Å². The van der Waals surface area contributed by atoms with Crippen molar-refractivity contribution in [3.05, 3.63) is 46.7 Å². The number of alkyl halides is 3. The smallest absolute Gasteiger partial charge is 0.417 e. The lowest BCUT2D eigenvalue weighted by Crippen LogP contribution is -2.22. The number of primary amides is 1. The zero-order chi connectivity index (χ0) is 16.3. The van der Waals surface area contributed by atoms with E-state index in [2.05, 4.69) is 10.3 Å². The zero-order valence-corrected chi connectivity index (χ0v) is 11.7. The molecule has 118 valence electrons. The quantitative estimate of drug-likeness (QED) is 0.932. The van der Waals surface area contributed by atoms with Crippen LogP contribution in [0.5, 0.6) is 0 Å². The highest BCUT2D eigenvalue weighted by atomic mass is 35.5. The number of amides is 1. The number of carbonyl (C=O) groups is 1. The Morgan fingerprint density at radius 3 is 2.73 bits per heavy atom. The van der Waals surface area contributed by atoms with Crippen LogP contribution in [0.2, 0.25) is 5.02 Å². The van der Waals surface area contributed by atoms with Crippen LogP contribution < -0.4 is 5.73 Å². The molecule has 0 spiro atoms. The Hall–Kier alpha value is -2.29. The molecule has 0 aliphatic carbocycles. The van der Waals surface area contributed by atoms with Gasteiger partial charge in [-0.3, -0.25) is 0 Å². The Morgan fingerprint density at radius 2 is 2.18 bits per heavy atom. The third kappa shape index (κ3) is 3.88. The fourth-order valence-electron chi connectivity index (χ4n) is 1.81. The molecule has 0 saturated heterocycles. The van der Waals surface area contributed by atoms with Gasteiger partial charge in [0.1, 0.15) is 6.10 Å². The first-order valence-electron chi connectivity index (χ1n) is 5.94. The fraction of sp³-hybridized carbons (Fsp3) is 0.250. The molecule has 0 fully saturated rings.